The van der Waals surface area contributed by atoms with Gasteiger partial charge in [-0.2, -0.15) is 0 Å². The van der Waals surface area contributed by atoms with Crippen LogP contribution >= 0.6 is 0 Å². The number of carbonyl (C=O) groups is 2. The molecular formula is C33H41N5O4. The number of ether oxygens (including phenoxy) is 1. The Morgan fingerprint density at radius 1 is 0.976 bits per heavy atom. The maximum absolute atomic E-state index is 11.1. The molecular weight excluding hydrogens is 530 g/mol. The molecule has 3 aromatic carbocycles. The van der Waals surface area contributed by atoms with Crippen molar-refractivity contribution in [2.24, 2.45) is 7.05 Å². The summed E-state index contributed by atoms with van der Waals surface area (Å²) >= 11 is 0. The largest absolute Gasteiger partial charge is 0.478 e. The molecule has 2 saturated heterocycles. The van der Waals surface area contributed by atoms with Crippen LogP contribution in [0.15, 0.2) is 66.7 Å². The predicted molar refractivity (Wildman–Crippen MR) is 167 cm³/mol. The summed E-state index contributed by atoms with van der Waals surface area (Å²) in [5.41, 5.74) is 6.09. The summed E-state index contributed by atoms with van der Waals surface area (Å²) < 4.78 is 6.72. The topological polar surface area (TPSA) is 91.1 Å². The van der Waals surface area contributed by atoms with E-state index >= 15 is 0 Å². The number of aryl methyl sites for hydroxylation is 2. The highest BCUT2D eigenvalue weighted by molar-refractivity contribution is 5.92. The molecule has 0 radical (unpaired) electrons. The molecule has 2 aliphatic heterocycles. The second-order valence-corrected chi connectivity index (χ2v) is 10.7. The number of carbonyl (C=O) groups excluding carboxylic acids is 1. The average molecular weight is 572 g/mol. The van der Waals surface area contributed by atoms with Crippen LogP contribution in [0.2, 0.25) is 0 Å². The Hall–Kier alpha value is -4.05. The van der Waals surface area contributed by atoms with E-state index in [0.29, 0.717) is 11.1 Å². The van der Waals surface area contributed by atoms with Gasteiger partial charge in [0, 0.05) is 70.4 Å². The Morgan fingerprint density at radius 3 is 2.24 bits per heavy atom. The lowest BCUT2D eigenvalue weighted by Crippen LogP contribution is -2.44. The first kappa shape index (κ1) is 30.9. The van der Waals surface area contributed by atoms with E-state index in [-0.39, 0.29) is 0 Å². The van der Waals surface area contributed by atoms with Gasteiger partial charge in [-0.05, 0) is 62.9 Å². The number of rotatable bonds is 6. The highest BCUT2D eigenvalue weighted by Gasteiger charge is 2.17. The SMILES string of the molecule is C1COC1.CN1CCN(Cc2nc3ccc(C(=O)O)cc3n2C)CC1.Cc1ccc(N(C)c2cccc(C=O)c2)cc1. The second kappa shape index (κ2) is 14.7. The van der Waals surface area contributed by atoms with Crippen molar-refractivity contribution >= 4 is 34.7 Å². The van der Waals surface area contributed by atoms with Gasteiger partial charge < -0.3 is 24.2 Å². The van der Waals surface area contributed by atoms with Crippen molar-refractivity contribution in [1.29, 1.82) is 0 Å². The number of anilines is 2. The normalized spacial score (nSPS) is 15.0. The molecule has 2 fully saturated rings. The standard InChI is InChI=1S/C15H20N4O2.C15H15NO.C3H6O/c1-17-5-7-19(8-6-17)10-14-16-12-4-3-11(15(20)21)9-13(12)18(14)2;1-12-6-8-14(9-7-12)16(2)15-5-3-4-13(10-15)11-17;1-2-4-3-1/h3-4,9H,5-8,10H2,1-2H3,(H,20,21);3-11H,1-2H3;1-3H2. The lowest BCUT2D eigenvalue weighted by Gasteiger charge is -2.31. The molecule has 0 unspecified atom stereocenters. The van der Waals surface area contributed by atoms with Crippen molar-refractivity contribution in [1.82, 2.24) is 19.4 Å². The van der Waals surface area contributed by atoms with Gasteiger partial charge in [-0.15, -0.1) is 0 Å². The first-order chi connectivity index (χ1) is 20.2. The number of carboxylic acids is 1. The number of hydrogen-bond acceptors (Lipinski definition) is 7. The molecule has 0 atom stereocenters. The van der Waals surface area contributed by atoms with Crippen molar-refractivity contribution in [2.75, 3.05) is 58.4 Å². The molecule has 0 bridgehead atoms. The molecule has 6 rings (SSSR count). The molecule has 0 aliphatic carbocycles. The number of benzene rings is 3. The van der Waals surface area contributed by atoms with E-state index in [1.165, 1.54) is 12.0 Å². The van der Waals surface area contributed by atoms with E-state index < -0.39 is 5.97 Å². The zero-order valence-electron chi connectivity index (χ0n) is 25.0. The van der Waals surface area contributed by atoms with Crippen LogP contribution in [-0.2, 0) is 18.3 Å². The van der Waals surface area contributed by atoms with Crippen LogP contribution in [0.1, 0.15) is 38.5 Å². The third-order valence-electron chi connectivity index (χ3n) is 7.57. The molecule has 9 heteroatoms. The first-order valence-electron chi connectivity index (χ1n) is 14.3. The quantitative estimate of drug-likeness (QED) is 0.324. The summed E-state index contributed by atoms with van der Waals surface area (Å²) in [5, 5.41) is 9.09. The molecule has 0 spiro atoms. The van der Waals surface area contributed by atoms with Gasteiger partial charge in [-0.3, -0.25) is 9.69 Å². The van der Waals surface area contributed by atoms with Crippen molar-refractivity contribution < 1.29 is 19.4 Å². The minimum Gasteiger partial charge on any atom is -0.478 e. The Bertz CT molecular complexity index is 1470. The van der Waals surface area contributed by atoms with Gasteiger partial charge >= 0.3 is 5.97 Å². The van der Waals surface area contributed by atoms with E-state index in [1.807, 2.05) is 36.9 Å². The number of likely N-dealkylation sites (N-methyl/N-ethyl adjacent to an activating group) is 1. The molecule has 1 aromatic heterocycles. The van der Waals surface area contributed by atoms with Gasteiger partial charge in [0.25, 0.3) is 0 Å². The molecule has 42 heavy (non-hydrogen) atoms. The Labute approximate surface area is 247 Å². The van der Waals surface area contributed by atoms with Crippen LogP contribution in [-0.4, -0.2) is 90.2 Å². The van der Waals surface area contributed by atoms with E-state index in [2.05, 4.69) is 57.9 Å². The third kappa shape index (κ3) is 8.25. The number of aromatic carboxylic acids is 1. The number of piperazine rings is 1. The molecule has 4 aromatic rings. The van der Waals surface area contributed by atoms with Gasteiger partial charge in [0.15, 0.2) is 0 Å². The molecule has 0 amide bonds. The number of fused-ring (bicyclic) bond motifs is 1. The van der Waals surface area contributed by atoms with Gasteiger partial charge in [-0.1, -0.05) is 29.8 Å². The van der Waals surface area contributed by atoms with Gasteiger partial charge in [-0.25, -0.2) is 9.78 Å². The fraction of sp³-hybridized carbons (Fsp3) is 0.364. The Morgan fingerprint density at radius 2 is 1.64 bits per heavy atom. The average Bonchev–Trinajstić information content (AvgIpc) is 3.28. The number of carboxylic acid groups (broad SMARTS) is 1. The fourth-order valence-electron chi connectivity index (χ4n) is 4.59. The zero-order chi connectivity index (χ0) is 30.1. The summed E-state index contributed by atoms with van der Waals surface area (Å²) in [6.07, 6.45) is 2.15. The zero-order valence-corrected chi connectivity index (χ0v) is 25.0. The summed E-state index contributed by atoms with van der Waals surface area (Å²) in [7, 11) is 6.08. The molecule has 3 heterocycles. The van der Waals surface area contributed by atoms with Crippen molar-refractivity contribution in [2.45, 2.75) is 19.9 Å². The van der Waals surface area contributed by atoms with E-state index in [1.54, 1.807) is 24.3 Å². The van der Waals surface area contributed by atoms with E-state index in [4.69, 9.17) is 9.84 Å². The van der Waals surface area contributed by atoms with E-state index in [9.17, 15) is 9.59 Å². The molecule has 222 valence electrons. The Balaban J connectivity index is 0.000000173. The molecule has 0 saturated carbocycles. The van der Waals surface area contributed by atoms with Crippen molar-refractivity contribution in [3.05, 3.63) is 89.2 Å². The predicted octanol–water partition coefficient (Wildman–Crippen LogP) is 5.00. The van der Waals surface area contributed by atoms with Crippen LogP contribution in [0.4, 0.5) is 11.4 Å². The van der Waals surface area contributed by atoms with Crippen LogP contribution < -0.4 is 4.90 Å². The second-order valence-electron chi connectivity index (χ2n) is 10.7. The third-order valence-corrected chi connectivity index (χ3v) is 7.57. The van der Waals surface area contributed by atoms with Gasteiger partial charge in [0.1, 0.15) is 12.1 Å². The highest BCUT2D eigenvalue weighted by Crippen LogP contribution is 2.24. The molecule has 1 N–H and O–H groups in total. The number of aromatic nitrogens is 2. The number of imidazole rings is 1. The lowest BCUT2D eigenvalue weighted by atomic mass is 10.1. The number of aldehydes is 1. The lowest BCUT2D eigenvalue weighted by molar-refractivity contribution is 0.0367. The highest BCUT2D eigenvalue weighted by atomic mass is 16.5. The van der Waals surface area contributed by atoms with Crippen LogP contribution in [0.3, 0.4) is 0 Å². The summed E-state index contributed by atoms with van der Waals surface area (Å²) in [4.78, 5) is 33.2. The summed E-state index contributed by atoms with van der Waals surface area (Å²) in [5.74, 6) is 0.0795. The molecule has 2 aliphatic rings. The minimum atomic E-state index is -0.904. The fourth-order valence-corrected chi connectivity index (χ4v) is 4.59. The summed E-state index contributed by atoms with van der Waals surface area (Å²) in [6, 6.07) is 21.0. The van der Waals surface area contributed by atoms with Gasteiger partial charge in [0.2, 0.25) is 0 Å². The monoisotopic (exact) mass is 571 g/mol. The maximum Gasteiger partial charge on any atom is 0.335 e. The van der Waals surface area contributed by atoms with Crippen LogP contribution in [0.5, 0.6) is 0 Å². The van der Waals surface area contributed by atoms with E-state index in [0.717, 1.165) is 80.5 Å². The number of nitrogens with zero attached hydrogens (tertiary/aromatic N) is 5. The Kier molecular flexibility index (Phi) is 10.8. The van der Waals surface area contributed by atoms with Gasteiger partial charge in [0.05, 0.1) is 23.1 Å². The van der Waals surface area contributed by atoms with Crippen molar-refractivity contribution in [3.63, 3.8) is 0 Å². The smallest absolute Gasteiger partial charge is 0.335 e. The van der Waals surface area contributed by atoms with Crippen LogP contribution in [0, 0.1) is 6.92 Å². The minimum absolute atomic E-state index is 0.302. The summed E-state index contributed by atoms with van der Waals surface area (Å²) in [6.45, 7) is 9.11. The first-order valence-corrected chi connectivity index (χ1v) is 14.3. The molecule has 9 nitrogen and oxygen atoms in total. The number of hydrogen-bond donors (Lipinski definition) is 1. The van der Waals surface area contributed by atoms with Crippen molar-refractivity contribution in [3.8, 4) is 0 Å². The maximum atomic E-state index is 11.1. The van der Waals surface area contributed by atoms with Crippen LogP contribution in [0.25, 0.3) is 11.0 Å².